The highest BCUT2D eigenvalue weighted by atomic mass is 16.1. The molecule has 5 heteroatoms. The molecule has 1 amide bonds. The summed E-state index contributed by atoms with van der Waals surface area (Å²) in [6.07, 6.45) is 1.76. The Labute approximate surface area is 157 Å². The Morgan fingerprint density at radius 2 is 1.78 bits per heavy atom. The fraction of sp³-hybridized carbons (Fsp3) is 0.136. The van der Waals surface area contributed by atoms with Crippen LogP contribution in [0.1, 0.15) is 27.3 Å². The highest BCUT2D eigenvalue weighted by molar-refractivity contribution is 5.94. The topological polar surface area (TPSA) is 59.3 Å². The molecule has 0 aliphatic rings. The van der Waals surface area contributed by atoms with E-state index in [4.69, 9.17) is 0 Å². The lowest BCUT2D eigenvalue weighted by Crippen LogP contribution is -2.23. The van der Waals surface area contributed by atoms with Crippen LogP contribution in [0.15, 0.2) is 66.9 Å². The van der Waals surface area contributed by atoms with Gasteiger partial charge in [0.15, 0.2) is 5.65 Å². The van der Waals surface area contributed by atoms with Crippen molar-refractivity contribution < 1.29 is 4.79 Å². The van der Waals surface area contributed by atoms with Crippen molar-refractivity contribution >= 4 is 11.6 Å². The first-order valence-electron chi connectivity index (χ1n) is 8.86. The van der Waals surface area contributed by atoms with Crippen molar-refractivity contribution in [3.8, 4) is 11.1 Å². The molecule has 0 unspecified atom stereocenters. The molecule has 2 aromatic carbocycles. The van der Waals surface area contributed by atoms with Crippen LogP contribution in [-0.4, -0.2) is 20.5 Å². The van der Waals surface area contributed by atoms with Gasteiger partial charge >= 0.3 is 0 Å². The summed E-state index contributed by atoms with van der Waals surface area (Å²) < 4.78 is 1.81. The molecule has 27 heavy (non-hydrogen) atoms. The SMILES string of the molecule is Cc1cccc(-c2ccc(CNC(=O)c3ccc4nnc(C)n4c3)cc2)c1. The summed E-state index contributed by atoms with van der Waals surface area (Å²) in [6.45, 7) is 4.43. The number of carbonyl (C=O) groups excluding carboxylic acids is 1. The van der Waals surface area contributed by atoms with Crippen molar-refractivity contribution in [2.75, 3.05) is 0 Å². The maximum atomic E-state index is 12.5. The van der Waals surface area contributed by atoms with Gasteiger partial charge in [-0.25, -0.2) is 0 Å². The van der Waals surface area contributed by atoms with E-state index < -0.39 is 0 Å². The van der Waals surface area contributed by atoms with Crippen molar-refractivity contribution in [1.82, 2.24) is 19.9 Å². The summed E-state index contributed by atoms with van der Waals surface area (Å²) in [6, 6.07) is 20.2. The number of nitrogens with one attached hydrogen (secondary N) is 1. The predicted molar refractivity (Wildman–Crippen MR) is 106 cm³/mol. The van der Waals surface area contributed by atoms with Crippen molar-refractivity contribution in [3.05, 3.63) is 89.4 Å². The first-order valence-corrected chi connectivity index (χ1v) is 8.86. The van der Waals surface area contributed by atoms with Crippen LogP contribution < -0.4 is 5.32 Å². The predicted octanol–water partition coefficient (Wildman–Crippen LogP) is 3.94. The summed E-state index contributed by atoms with van der Waals surface area (Å²) >= 11 is 0. The van der Waals surface area contributed by atoms with Gasteiger partial charge in [0.25, 0.3) is 5.91 Å². The van der Waals surface area contributed by atoms with E-state index in [0.717, 1.165) is 17.0 Å². The molecule has 0 aliphatic carbocycles. The van der Waals surface area contributed by atoms with Gasteiger partial charge < -0.3 is 5.32 Å². The number of aromatic nitrogens is 3. The molecule has 0 atom stereocenters. The molecule has 0 saturated carbocycles. The Bertz CT molecular complexity index is 1110. The van der Waals surface area contributed by atoms with Crippen LogP contribution in [0.5, 0.6) is 0 Å². The number of nitrogens with zero attached hydrogens (tertiary/aromatic N) is 3. The van der Waals surface area contributed by atoms with Crippen molar-refractivity contribution in [3.63, 3.8) is 0 Å². The Morgan fingerprint density at radius 3 is 2.56 bits per heavy atom. The smallest absolute Gasteiger partial charge is 0.253 e. The molecule has 0 radical (unpaired) electrons. The van der Waals surface area contributed by atoms with Crippen LogP contribution in [-0.2, 0) is 6.54 Å². The normalized spacial score (nSPS) is 10.9. The first-order chi connectivity index (χ1) is 13.1. The van der Waals surface area contributed by atoms with Crippen LogP contribution in [0.25, 0.3) is 16.8 Å². The molecule has 2 heterocycles. The van der Waals surface area contributed by atoms with Crippen LogP contribution in [0.3, 0.4) is 0 Å². The van der Waals surface area contributed by atoms with Gasteiger partial charge in [-0.1, -0.05) is 54.1 Å². The van der Waals surface area contributed by atoms with Gasteiger partial charge in [0.2, 0.25) is 0 Å². The number of hydrogen-bond acceptors (Lipinski definition) is 3. The van der Waals surface area contributed by atoms with E-state index >= 15 is 0 Å². The van der Waals surface area contributed by atoms with E-state index in [0.29, 0.717) is 12.1 Å². The Morgan fingerprint density at radius 1 is 0.963 bits per heavy atom. The van der Waals surface area contributed by atoms with E-state index in [-0.39, 0.29) is 5.91 Å². The lowest BCUT2D eigenvalue weighted by atomic mass is 10.0. The number of amides is 1. The lowest BCUT2D eigenvalue weighted by molar-refractivity contribution is 0.0950. The molecule has 0 saturated heterocycles. The fourth-order valence-corrected chi connectivity index (χ4v) is 3.06. The fourth-order valence-electron chi connectivity index (χ4n) is 3.06. The largest absolute Gasteiger partial charge is 0.348 e. The van der Waals surface area contributed by atoms with Gasteiger partial charge in [0.05, 0.1) is 5.56 Å². The average molecular weight is 356 g/mol. The maximum absolute atomic E-state index is 12.5. The number of aryl methyl sites for hydroxylation is 2. The van der Waals surface area contributed by atoms with Gasteiger partial charge in [-0.3, -0.25) is 9.20 Å². The summed E-state index contributed by atoms with van der Waals surface area (Å²) in [5.74, 6) is 0.638. The highest BCUT2D eigenvalue weighted by Gasteiger charge is 2.09. The Balaban J connectivity index is 1.44. The number of rotatable bonds is 4. The van der Waals surface area contributed by atoms with Crippen LogP contribution >= 0.6 is 0 Å². The standard InChI is InChI=1S/C22H20N4O/c1-15-4-3-5-19(12-15)18-8-6-17(7-9-18)13-23-22(27)20-10-11-21-25-24-16(2)26(21)14-20/h3-12,14H,13H2,1-2H3,(H,23,27). The summed E-state index contributed by atoms with van der Waals surface area (Å²) in [5, 5.41) is 11.0. The second kappa shape index (κ2) is 7.03. The molecule has 0 fully saturated rings. The highest BCUT2D eigenvalue weighted by Crippen LogP contribution is 2.20. The molecule has 1 N–H and O–H groups in total. The molecule has 4 rings (SSSR count). The minimum absolute atomic E-state index is 0.118. The minimum Gasteiger partial charge on any atom is -0.348 e. The number of hydrogen-bond donors (Lipinski definition) is 1. The van der Waals surface area contributed by atoms with Crippen molar-refractivity contribution in [2.45, 2.75) is 20.4 Å². The zero-order chi connectivity index (χ0) is 18.8. The zero-order valence-electron chi connectivity index (χ0n) is 15.3. The van der Waals surface area contributed by atoms with Crippen LogP contribution in [0, 0.1) is 13.8 Å². The van der Waals surface area contributed by atoms with Crippen molar-refractivity contribution in [1.29, 1.82) is 0 Å². The lowest BCUT2D eigenvalue weighted by Gasteiger charge is -2.08. The Kier molecular flexibility index (Phi) is 4.42. The quantitative estimate of drug-likeness (QED) is 0.602. The zero-order valence-corrected chi connectivity index (χ0v) is 15.3. The van der Waals surface area contributed by atoms with Crippen LogP contribution in [0.2, 0.25) is 0 Å². The van der Waals surface area contributed by atoms with Gasteiger partial charge in [-0.05, 0) is 42.7 Å². The number of carbonyl (C=O) groups is 1. The molecule has 0 aliphatic heterocycles. The van der Waals surface area contributed by atoms with Gasteiger partial charge in [0.1, 0.15) is 5.82 Å². The second-order valence-electron chi connectivity index (χ2n) is 6.64. The van der Waals surface area contributed by atoms with E-state index in [9.17, 15) is 4.79 Å². The summed E-state index contributed by atoms with van der Waals surface area (Å²) in [7, 11) is 0. The third-order valence-corrected chi connectivity index (χ3v) is 4.59. The van der Waals surface area contributed by atoms with Crippen molar-refractivity contribution in [2.24, 2.45) is 0 Å². The number of benzene rings is 2. The maximum Gasteiger partial charge on any atom is 0.253 e. The molecule has 4 aromatic rings. The van der Waals surface area contributed by atoms with Gasteiger partial charge in [0, 0.05) is 12.7 Å². The third-order valence-electron chi connectivity index (χ3n) is 4.59. The molecular formula is C22H20N4O. The molecule has 0 bridgehead atoms. The minimum atomic E-state index is -0.118. The first kappa shape index (κ1) is 17.0. The summed E-state index contributed by atoms with van der Waals surface area (Å²) in [5.41, 5.74) is 5.98. The van der Waals surface area contributed by atoms with E-state index in [2.05, 4.69) is 58.8 Å². The second-order valence-corrected chi connectivity index (χ2v) is 6.64. The third kappa shape index (κ3) is 3.58. The summed E-state index contributed by atoms with van der Waals surface area (Å²) in [4.78, 5) is 12.5. The number of fused-ring (bicyclic) bond motifs is 1. The number of pyridine rings is 1. The molecular weight excluding hydrogens is 336 g/mol. The Hall–Kier alpha value is -3.47. The molecule has 134 valence electrons. The monoisotopic (exact) mass is 356 g/mol. The molecule has 0 spiro atoms. The van der Waals surface area contributed by atoms with E-state index in [1.807, 2.05) is 23.5 Å². The molecule has 2 aromatic heterocycles. The van der Waals surface area contributed by atoms with E-state index in [1.165, 1.54) is 16.7 Å². The van der Waals surface area contributed by atoms with Gasteiger partial charge in [-0.15, -0.1) is 10.2 Å². The molecule has 5 nitrogen and oxygen atoms in total. The van der Waals surface area contributed by atoms with E-state index in [1.54, 1.807) is 18.3 Å². The van der Waals surface area contributed by atoms with Gasteiger partial charge in [-0.2, -0.15) is 0 Å². The average Bonchev–Trinajstić information content (AvgIpc) is 3.07. The van der Waals surface area contributed by atoms with Crippen LogP contribution in [0.4, 0.5) is 0 Å².